The summed E-state index contributed by atoms with van der Waals surface area (Å²) in [7, 11) is -4.02. The first-order chi connectivity index (χ1) is 9.36. The summed E-state index contributed by atoms with van der Waals surface area (Å²) in [6, 6.07) is 4.44. The molecule has 0 saturated heterocycles. The van der Waals surface area contributed by atoms with Crippen LogP contribution in [0.3, 0.4) is 0 Å². The number of aromatic nitrogens is 3. The van der Waals surface area contributed by atoms with E-state index >= 15 is 0 Å². The molecule has 0 spiro atoms. The van der Waals surface area contributed by atoms with Crippen molar-refractivity contribution in [2.75, 3.05) is 0 Å². The van der Waals surface area contributed by atoms with E-state index in [0.29, 0.717) is 17.4 Å². The Kier molecular flexibility index (Phi) is 4.21. The second-order valence-corrected chi connectivity index (χ2v) is 6.41. The number of halogens is 2. The maximum atomic E-state index is 14.0. The van der Waals surface area contributed by atoms with Crippen molar-refractivity contribution in [3.05, 3.63) is 28.5 Å². The number of benzene rings is 1. The van der Waals surface area contributed by atoms with Gasteiger partial charge in [0.25, 0.3) is 15.2 Å². The summed E-state index contributed by atoms with van der Waals surface area (Å²) in [4.78, 5) is 0. The molecule has 1 aromatic carbocycles. The van der Waals surface area contributed by atoms with Gasteiger partial charge in [0.15, 0.2) is 5.82 Å². The lowest BCUT2D eigenvalue weighted by molar-refractivity contribution is 0.558. The Labute approximate surface area is 124 Å². The molecule has 9 heteroatoms. The van der Waals surface area contributed by atoms with Gasteiger partial charge in [-0.1, -0.05) is 13.0 Å². The maximum Gasteiger partial charge on any atom is 0.273 e. The van der Waals surface area contributed by atoms with Gasteiger partial charge >= 0.3 is 0 Å². The van der Waals surface area contributed by atoms with E-state index in [-0.39, 0.29) is 16.5 Å². The molecule has 0 radical (unpaired) electrons. The van der Waals surface area contributed by atoms with Crippen molar-refractivity contribution in [2.24, 2.45) is 5.14 Å². The molecule has 0 saturated carbocycles. The number of sulfonamides is 1. The highest BCUT2D eigenvalue weighted by atomic mass is 79.9. The molecule has 1 heterocycles. The van der Waals surface area contributed by atoms with E-state index in [1.807, 2.05) is 6.92 Å². The molecule has 0 aliphatic carbocycles. The third-order valence-electron chi connectivity index (χ3n) is 2.60. The third-order valence-corrected chi connectivity index (χ3v) is 4.08. The Bertz CT molecular complexity index is 725. The van der Waals surface area contributed by atoms with Crippen LogP contribution in [-0.2, 0) is 16.6 Å². The first kappa shape index (κ1) is 15.1. The smallest absolute Gasteiger partial charge is 0.273 e. The zero-order valence-corrected chi connectivity index (χ0v) is 12.9. The van der Waals surface area contributed by atoms with Gasteiger partial charge in [0.1, 0.15) is 5.82 Å². The zero-order chi connectivity index (χ0) is 14.9. The van der Waals surface area contributed by atoms with Crippen molar-refractivity contribution < 1.29 is 12.8 Å². The second kappa shape index (κ2) is 5.58. The second-order valence-electron chi connectivity index (χ2n) is 4.10. The molecule has 0 aliphatic rings. The number of nitrogens with zero attached hydrogens (tertiary/aromatic N) is 3. The van der Waals surface area contributed by atoms with Crippen LogP contribution in [0.25, 0.3) is 11.4 Å². The van der Waals surface area contributed by atoms with Crippen molar-refractivity contribution in [2.45, 2.75) is 25.0 Å². The highest BCUT2D eigenvalue weighted by molar-refractivity contribution is 9.10. The van der Waals surface area contributed by atoms with Crippen molar-refractivity contribution in [3.63, 3.8) is 0 Å². The summed E-state index contributed by atoms with van der Waals surface area (Å²) < 4.78 is 38.7. The highest BCUT2D eigenvalue weighted by Crippen LogP contribution is 2.30. The number of primary sulfonamides is 1. The van der Waals surface area contributed by atoms with Gasteiger partial charge in [-0.3, -0.25) is 4.57 Å². The molecule has 0 atom stereocenters. The van der Waals surface area contributed by atoms with Crippen molar-refractivity contribution in [1.82, 2.24) is 14.8 Å². The normalized spacial score (nSPS) is 11.8. The number of rotatable bonds is 4. The van der Waals surface area contributed by atoms with Gasteiger partial charge < -0.3 is 0 Å². The monoisotopic (exact) mass is 362 g/mol. The zero-order valence-electron chi connectivity index (χ0n) is 10.5. The van der Waals surface area contributed by atoms with Crippen molar-refractivity contribution >= 4 is 26.0 Å². The molecule has 108 valence electrons. The maximum absolute atomic E-state index is 14.0. The number of hydrogen-bond donors (Lipinski definition) is 1. The lowest BCUT2D eigenvalue weighted by Crippen LogP contribution is -2.19. The van der Waals surface area contributed by atoms with E-state index in [1.54, 1.807) is 6.07 Å². The average molecular weight is 363 g/mol. The van der Waals surface area contributed by atoms with E-state index in [1.165, 1.54) is 16.7 Å². The first-order valence-electron chi connectivity index (χ1n) is 5.76. The van der Waals surface area contributed by atoms with Crippen LogP contribution in [0.15, 0.2) is 27.8 Å². The molecule has 2 aromatic rings. The standard InChI is InChI=1S/C11H12BrFN4O2S/c1-2-6-17-10(15-16-11(17)20(14,18)19)9-7(12)4-3-5-8(9)13/h3-5H,2,6H2,1H3,(H2,14,18,19). The fourth-order valence-electron chi connectivity index (χ4n) is 1.82. The van der Waals surface area contributed by atoms with E-state index in [9.17, 15) is 12.8 Å². The predicted octanol–water partition coefficient (Wildman–Crippen LogP) is 1.90. The van der Waals surface area contributed by atoms with E-state index in [4.69, 9.17) is 5.14 Å². The number of nitrogens with two attached hydrogens (primary N) is 1. The van der Waals surface area contributed by atoms with Crippen LogP contribution in [0.4, 0.5) is 4.39 Å². The largest absolute Gasteiger partial charge is 0.297 e. The molecule has 2 N–H and O–H groups in total. The van der Waals surface area contributed by atoms with Crippen LogP contribution in [-0.4, -0.2) is 23.2 Å². The molecular weight excluding hydrogens is 351 g/mol. The van der Waals surface area contributed by atoms with Crippen LogP contribution in [0.5, 0.6) is 0 Å². The summed E-state index contributed by atoms with van der Waals surface area (Å²) in [6.45, 7) is 2.17. The Balaban J connectivity index is 2.73. The highest BCUT2D eigenvalue weighted by Gasteiger charge is 2.24. The van der Waals surface area contributed by atoms with E-state index in [2.05, 4.69) is 26.1 Å². The quantitative estimate of drug-likeness (QED) is 0.898. The molecular formula is C11H12BrFN4O2S. The van der Waals surface area contributed by atoms with Gasteiger partial charge in [0.2, 0.25) is 0 Å². The fraction of sp³-hybridized carbons (Fsp3) is 0.273. The van der Waals surface area contributed by atoms with E-state index < -0.39 is 15.8 Å². The molecule has 6 nitrogen and oxygen atoms in total. The van der Waals surface area contributed by atoms with Crippen molar-refractivity contribution in [3.8, 4) is 11.4 Å². The van der Waals surface area contributed by atoms with Crippen LogP contribution < -0.4 is 5.14 Å². The average Bonchev–Trinajstić information content (AvgIpc) is 2.73. The van der Waals surface area contributed by atoms with E-state index in [0.717, 1.165) is 0 Å². The lowest BCUT2D eigenvalue weighted by Gasteiger charge is -2.09. The topological polar surface area (TPSA) is 90.9 Å². The Morgan fingerprint density at radius 1 is 1.40 bits per heavy atom. The third kappa shape index (κ3) is 2.74. The van der Waals surface area contributed by atoms with Gasteiger partial charge in [0.05, 0.1) is 5.56 Å². The summed E-state index contributed by atoms with van der Waals surface area (Å²) in [5.41, 5.74) is 0.156. The van der Waals surface area contributed by atoms with Crippen LogP contribution in [0, 0.1) is 5.82 Å². The minimum Gasteiger partial charge on any atom is -0.297 e. The van der Waals surface area contributed by atoms with Crippen molar-refractivity contribution in [1.29, 1.82) is 0 Å². The molecule has 1 aromatic heterocycles. The van der Waals surface area contributed by atoms with Crippen LogP contribution in [0.2, 0.25) is 0 Å². The SMILES string of the molecule is CCCn1c(-c2c(F)cccc2Br)nnc1S(N)(=O)=O. The molecule has 0 amide bonds. The van der Waals surface area contributed by atoms with Gasteiger partial charge in [0, 0.05) is 11.0 Å². The molecule has 0 unspecified atom stereocenters. The number of hydrogen-bond acceptors (Lipinski definition) is 4. The first-order valence-corrected chi connectivity index (χ1v) is 8.10. The Hall–Kier alpha value is -1.32. The molecule has 0 bridgehead atoms. The summed E-state index contributed by atoms with van der Waals surface area (Å²) >= 11 is 3.23. The Morgan fingerprint density at radius 3 is 2.65 bits per heavy atom. The molecule has 0 aliphatic heterocycles. The molecule has 20 heavy (non-hydrogen) atoms. The summed E-state index contributed by atoms with van der Waals surface area (Å²) in [5, 5.41) is 12.1. The predicted molar refractivity (Wildman–Crippen MR) is 74.8 cm³/mol. The molecule has 2 rings (SSSR count). The minimum atomic E-state index is -4.02. The summed E-state index contributed by atoms with van der Waals surface area (Å²) in [6.07, 6.45) is 0.625. The van der Waals surface area contributed by atoms with Crippen LogP contribution >= 0.6 is 15.9 Å². The summed E-state index contributed by atoms with van der Waals surface area (Å²) in [5.74, 6) is -0.397. The fourth-order valence-corrected chi connectivity index (χ4v) is 2.98. The van der Waals surface area contributed by atoms with Gasteiger partial charge in [-0.25, -0.2) is 17.9 Å². The van der Waals surface area contributed by atoms with Gasteiger partial charge in [-0.2, -0.15) is 0 Å². The minimum absolute atomic E-state index is 0.126. The lowest BCUT2D eigenvalue weighted by atomic mass is 10.2. The van der Waals surface area contributed by atoms with Crippen LogP contribution in [0.1, 0.15) is 13.3 Å². The Morgan fingerprint density at radius 2 is 2.10 bits per heavy atom. The molecule has 0 fully saturated rings. The van der Waals surface area contributed by atoms with Gasteiger partial charge in [-0.05, 0) is 34.5 Å². The van der Waals surface area contributed by atoms with Gasteiger partial charge in [-0.15, -0.1) is 10.2 Å².